The second-order valence-electron chi connectivity index (χ2n) is 4.37. The van der Waals surface area contributed by atoms with Gasteiger partial charge in [-0.05, 0) is 24.5 Å². The van der Waals surface area contributed by atoms with Crippen molar-refractivity contribution in [3.63, 3.8) is 0 Å². The predicted octanol–water partition coefficient (Wildman–Crippen LogP) is 2.69. The Morgan fingerprint density at radius 1 is 1.47 bits per heavy atom. The van der Waals surface area contributed by atoms with E-state index in [0.29, 0.717) is 6.42 Å². The van der Waals surface area contributed by atoms with Gasteiger partial charge in [0.05, 0.1) is 18.8 Å². The molecule has 1 atom stereocenters. The van der Waals surface area contributed by atoms with E-state index >= 15 is 0 Å². The largest absolute Gasteiger partial charge is 0.465 e. The van der Waals surface area contributed by atoms with Crippen LogP contribution in [0.1, 0.15) is 42.3 Å². The van der Waals surface area contributed by atoms with E-state index in [-0.39, 0.29) is 17.0 Å². The van der Waals surface area contributed by atoms with Crippen LogP contribution in [0.5, 0.6) is 0 Å². The highest BCUT2D eigenvalue weighted by Crippen LogP contribution is 2.24. The van der Waals surface area contributed by atoms with Crippen molar-refractivity contribution in [2.24, 2.45) is 5.92 Å². The summed E-state index contributed by atoms with van der Waals surface area (Å²) in [5.41, 5.74) is 0.358. The normalized spacial score (nSPS) is 12.6. The maximum Gasteiger partial charge on any atom is 0.337 e. The number of esters is 1. The molecule has 1 aromatic rings. The zero-order valence-corrected chi connectivity index (χ0v) is 10.2. The summed E-state index contributed by atoms with van der Waals surface area (Å²) in [6.45, 7) is 3.90. The van der Waals surface area contributed by atoms with E-state index in [1.807, 2.05) is 13.8 Å². The molecular weight excluding hydrogens is 223 g/mol. The molecule has 0 bridgehead atoms. The molecular formula is C13H17FO3. The summed E-state index contributed by atoms with van der Waals surface area (Å²) in [6.07, 6.45) is -0.365. The smallest absolute Gasteiger partial charge is 0.337 e. The van der Waals surface area contributed by atoms with Crippen LogP contribution in [-0.4, -0.2) is 18.2 Å². The minimum Gasteiger partial charge on any atom is -0.465 e. The topological polar surface area (TPSA) is 46.5 Å². The SMILES string of the molecule is COC(=O)c1ccc(C(O)CC(C)C)c(F)c1. The number of methoxy groups -OCH3 is 1. The first-order valence-electron chi connectivity index (χ1n) is 5.51. The molecule has 94 valence electrons. The molecule has 0 heterocycles. The third kappa shape index (κ3) is 3.53. The molecule has 0 fully saturated rings. The molecule has 1 rings (SSSR count). The number of ether oxygens (including phenoxy) is 1. The number of halogens is 1. The number of rotatable bonds is 4. The van der Waals surface area contributed by atoms with E-state index in [4.69, 9.17) is 0 Å². The second-order valence-corrected chi connectivity index (χ2v) is 4.37. The molecule has 0 aliphatic rings. The zero-order chi connectivity index (χ0) is 13.0. The number of carbonyl (C=O) groups is 1. The first kappa shape index (κ1) is 13.6. The first-order valence-corrected chi connectivity index (χ1v) is 5.51. The second kappa shape index (κ2) is 5.77. The Balaban J connectivity index is 2.93. The number of carbonyl (C=O) groups excluding carboxylic acids is 1. The highest BCUT2D eigenvalue weighted by molar-refractivity contribution is 5.89. The fourth-order valence-electron chi connectivity index (χ4n) is 1.62. The molecule has 3 nitrogen and oxygen atoms in total. The maximum absolute atomic E-state index is 13.7. The van der Waals surface area contributed by atoms with Gasteiger partial charge in [-0.2, -0.15) is 0 Å². The molecule has 1 aromatic carbocycles. The van der Waals surface area contributed by atoms with Gasteiger partial charge in [0.2, 0.25) is 0 Å². The standard InChI is InChI=1S/C13H17FO3/c1-8(2)6-12(15)10-5-4-9(7-11(10)14)13(16)17-3/h4-5,7-8,12,15H,6H2,1-3H3. The van der Waals surface area contributed by atoms with Crippen molar-refractivity contribution in [3.8, 4) is 0 Å². The molecule has 0 radical (unpaired) electrons. The minimum atomic E-state index is -0.846. The van der Waals surface area contributed by atoms with E-state index in [9.17, 15) is 14.3 Å². The van der Waals surface area contributed by atoms with Crippen LogP contribution in [0.15, 0.2) is 18.2 Å². The average molecular weight is 240 g/mol. The fourth-order valence-corrected chi connectivity index (χ4v) is 1.62. The van der Waals surface area contributed by atoms with Gasteiger partial charge in [0.25, 0.3) is 0 Å². The highest BCUT2D eigenvalue weighted by atomic mass is 19.1. The van der Waals surface area contributed by atoms with E-state index in [0.717, 1.165) is 6.07 Å². The van der Waals surface area contributed by atoms with Gasteiger partial charge in [-0.3, -0.25) is 0 Å². The van der Waals surface area contributed by atoms with Crippen molar-refractivity contribution in [3.05, 3.63) is 35.1 Å². The van der Waals surface area contributed by atoms with Crippen molar-refractivity contribution in [2.45, 2.75) is 26.4 Å². The van der Waals surface area contributed by atoms with Crippen LogP contribution < -0.4 is 0 Å². The van der Waals surface area contributed by atoms with Gasteiger partial charge in [0, 0.05) is 5.56 Å². The van der Waals surface area contributed by atoms with Crippen LogP contribution in [0, 0.1) is 11.7 Å². The summed E-state index contributed by atoms with van der Waals surface area (Å²) in [5.74, 6) is -0.903. The van der Waals surface area contributed by atoms with Crippen LogP contribution >= 0.6 is 0 Å². The Kier molecular flexibility index (Phi) is 4.63. The lowest BCUT2D eigenvalue weighted by molar-refractivity contribution is 0.0599. The molecule has 1 N–H and O–H groups in total. The Labute approximate surface area is 100 Å². The van der Waals surface area contributed by atoms with Gasteiger partial charge in [-0.15, -0.1) is 0 Å². The summed E-state index contributed by atoms with van der Waals surface area (Å²) in [4.78, 5) is 11.2. The van der Waals surface area contributed by atoms with E-state index < -0.39 is 17.9 Å². The van der Waals surface area contributed by atoms with Crippen molar-refractivity contribution in [2.75, 3.05) is 7.11 Å². The van der Waals surface area contributed by atoms with Crippen molar-refractivity contribution in [1.29, 1.82) is 0 Å². The van der Waals surface area contributed by atoms with Gasteiger partial charge < -0.3 is 9.84 Å². The van der Waals surface area contributed by atoms with Gasteiger partial charge in [-0.1, -0.05) is 19.9 Å². The van der Waals surface area contributed by atoms with Crippen LogP contribution in [0.4, 0.5) is 4.39 Å². The molecule has 0 aliphatic heterocycles. The lowest BCUT2D eigenvalue weighted by Crippen LogP contribution is -2.07. The number of benzene rings is 1. The van der Waals surface area contributed by atoms with Crippen molar-refractivity contribution >= 4 is 5.97 Å². The first-order chi connectivity index (χ1) is 7.95. The summed E-state index contributed by atoms with van der Waals surface area (Å²) in [6, 6.07) is 3.97. The molecule has 4 heteroatoms. The van der Waals surface area contributed by atoms with E-state index in [1.54, 1.807) is 0 Å². The van der Waals surface area contributed by atoms with E-state index in [1.165, 1.54) is 19.2 Å². The third-order valence-electron chi connectivity index (χ3n) is 2.48. The Bertz CT molecular complexity index is 402. The van der Waals surface area contributed by atoms with Crippen LogP contribution in [-0.2, 0) is 4.74 Å². The van der Waals surface area contributed by atoms with Crippen LogP contribution in [0.3, 0.4) is 0 Å². The predicted molar refractivity (Wildman–Crippen MR) is 62.2 cm³/mol. The Morgan fingerprint density at radius 3 is 2.59 bits per heavy atom. The molecule has 17 heavy (non-hydrogen) atoms. The highest BCUT2D eigenvalue weighted by Gasteiger charge is 2.16. The summed E-state index contributed by atoms with van der Waals surface area (Å²) in [5, 5.41) is 9.80. The van der Waals surface area contributed by atoms with Gasteiger partial charge >= 0.3 is 5.97 Å². The number of hydrogen-bond donors (Lipinski definition) is 1. The van der Waals surface area contributed by atoms with Crippen LogP contribution in [0.2, 0.25) is 0 Å². The molecule has 0 aromatic heterocycles. The monoisotopic (exact) mass is 240 g/mol. The van der Waals surface area contributed by atoms with Gasteiger partial charge in [0.15, 0.2) is 0 Å². The molecule has 0 amide bonds. The fraction of sp³-hybridized carbons (Fsp3) is 0.462. The number of aliphatic hydroxyl groups excluding tert-OH is 1. The summed E-state index contributed by atoms with van der Waals surface area (Å²) in [7, 11) is 1.24. The summed E-state index contributed by atoms with van der Waals surface area (Å²) < 4.78 is 18.2. The van der Waals surface area contributed by atoms with E-state index in [2.05, 4.69) is 4.74 Å². The lowest BCUT2D eigenvalue weighted by atomic mass is 9.98. The lowest BCUT2D eigenvalue weighted by Gasteiger charge is -2.14. The number of aliphatic hydroxyl groups is 1. The maximum atomic E-state index is 13.7. The van der Waals surface area contributed by atoms with Crippen molar-refractivity contribution in [1.82, 2.24) is 0 Å². The number of hydrogen-bond acceptors (Lipinski definition) is 3. The average Bonchev–Trinajstić information content (AvgIpc) is 2.26. The van der Waals surface area contributed by atoms with Crippen molar-refractivity contribution < 1.29 is 19.0 Å². The zero-order valence-electron chi connectivity index (χ0n) is 10.2. The van der Waals surface area contributed by atoms with Gasteiger partial charge in [-0.25, -0.2) is 9.18 Å². The van der Waals surface area contributed by atoms with Crippen LogP contribution in [0.25, 0.3) is 0 Å². The molecule has 0 spiro atoms. The summed E-state index contributed by atoms with van der Waals surface area (Å²) >= 11 is 0. The third-order valence-corrected chi connectivity index (χ3v) is 2.48. The molecule has 0 aliphatic carbocycles. The van der Waals surface area contributed by atoms with Gasteiger partial charge in [0.1, 0.15) is 5.82 Å². The molecule has 0 saturated carbocycles. The Hall–Kier alpha value is -1.42. The molecule has 0 saturated heterocycles. The minimum absolute atomic E-state index is 0.144. The Morgan fingerprint density at radius 2 is 2.12 bits per heavy atom. The quantitative estimate of drug-likeness (QED) is 0.823. The molecule has 1 unspecified atom stereocenters.